The summed E-state index contributed by atoms with van der Waals surface area (Å²) in [4.78, 5) is 0.395. The van der Waals surface area contributed by atoms with Crippen LogP contribution < -0.4 is 5.73 Å². The molecule has 1 saturated carbocycles. The summed E-state index contributed by atoms with van der Waals surface area (Å²) in [6.45, 7) is 3.18. The number of halogens is 1. The first-order chi connectivity index (χ1) is 9.88. The minimum Gasteiger partial charge on any atom is -0.328 e. The van der Waals surface area contributed by atoms with Crippen LogP contribution in [-0.2, 0) is 10.0 Å². The SMILES string of the molecule is Cc1cc(S(=O)(=O)N2C[C@H]3CCC(N)C[C@H]3C2)ccc1Br. The van der Waals surface area contributed by atoms with Crippen LogP contribution in [0.4, 0.5) is 0 Å². The van der Waals surface area contributed by atoms with Crippen molar-refractivity contribution in [3.8, 4) is 0 Å². The van der Waals surface area contributed by atoms with Crippen LogP contribution in [0.5, 0.6) is 0 Å². The highest BCUT2D eigenvalue weighted by molar-refractivity contribution is 9.10. The molecule has 1 heterocycles. The molecule has 0 radical (unpaired) electrons. The number of rotatable bonds is 2. The predicted octanol–water partition coefficient (Wildman–Crippen LogP) is 2.51. The molecule has 116 valence electrons. The van der Waals surface area contributed by atoms with Crippen LogP contribution in [0.2, 0.25) is 0 Å². The standard InChI is InChI=1S/C15H21BrN2O2S/c1-10-6-14(4-5-15(10)16)21(19,20)18-8-11-2-3-13(17)7-12(11)9-18/h4-6,11-13H,2-3,7-9,17H2,1H3/t11-,12+,13?/m1/s1. The van der Waals surface area contributed by atoms with Crippen molar-refractivity contribution in [3.05, 3.63) is 28.2 Å². The number of benzene rings is 1. The average molecular weight is 373 g/mol. The summed E-state index contributed by atoms with van der Waals surface area (Å²) in [5.41, 5.74) is 6.96. The highest BCUT2D eigenvalue weighted by Crippen LogP contribution is 2.38. The Labute approximate surface area is 134 Å². The summed E-state index contributed by atoms with van der Waals surface area (Å²) in [5, 5.41) is 0. The van der Waals surface area contributed by atoms with E-state index in [-0.39, 0.29) is 6.04 Å². The summed E-state index contributed by atoms with van der Waals surface area (Å²) < 4.78 is 28.2. The van der Waals surface area contributed by atoms with Gasteiger partial charge in [-0.3, -0.25) is 0 Å². The van der Waals surface area contributed by atoms with Crippen molar-refractivity contribution in [2.24, 2.45) is 17.6 Å². The summed E-state index contributed by atoms with van der Waals surface area (Å²) in [6.07, 6.45) is 3.03. The molecule has 2 N–H and O–H groups in total. The van der Waals surface area contributed by atoms with E-state index in [4.69, 9.17) is 5.73 Å². The zero-order valence-electron chi connectivity index (χ0n) is 12.1. The zero-order valence-corrected chi connectivity index (χ0v) is 14.5. The molecule has 4 nitrogen and oxygen atoms in total. The van der Waals surface area contributed by atoms with Crippen LogP contribution in [-0.4, -0.2) is 31.9 Å². The molecule has 0 amide bonds. The fourth-order valence-electron chi connectivity index (χ4n) is 3.55. The van der Waals surface area contributed by atoms with Crippen molar-refractivity contribution in [3.63, 3.8) is 0 Å². The molecule has 2 fully saturated rings. The minimum atomic E-state index is -3.38. The molecular weight excluding hydrogens is 352 g/mol. The minimum absolute atomic E-state index is 0.240. The molecule has 3 atom stereocenters. The number of hydrogen-bond acceptors (Lipinski definition) is 3. The number of sulfonamides is 1. The number of nitrogens with two attached hydrogens (primary N) is 1. The predicted molar refractivity (Wildman–Crippen MR) is 86.4 cm³/mol. The van der Waals surface area contributed by atoms with Gasteiger partial charge in [0.15, 0.2) is 0 Å². The number of nitrogens with zero attached hydrogens (tertiary/aromatic N) is 1. The molecule has 1 aromatic carbocycles. The van der Waals surface area contributed by atoms with Gasteiger partial charge in [-0.1, -0.05) is 15.9 Å². The van der Waals surface area contributed by atoms with E-state index in [2.05, 4.69) is 15.9 Å². The molecule has 0 spiro atoms. The van der Waals surface area contributed by atoms with Gasteiger partial charge in [0.1, 0.15) is 0 Å². The molecule has 1 aliphatic heterocycles. The second-order valence-corrected chi connectivity index (χ2v) is 9.12. The normalized spacial score (nSPS) is 30.3. The van der Waals surface area contributed by atoms with Crippen molar-refractivity contribution in [1.29, 1.82) is 0 Å². The lowest BCUT2D eigenvalue weighted by Crippen LogP contribution is -2.32. The number of fused-ring (bicyclic) bond motifs is 1. The Morgan fingerprint density at radius 2 is 1.95 bits per heavy atom. The molecule has 0 aromatic heterocycles. The fourth-order valence-corrected chi connectivity index (χ4v) is 5.43. The van der Waals surface area contributed by atoms with Crippen LogP contribution in [0.3, 0.4) is 0 Å². The monoisotopic (exact) mass is 372 g/mol. The van der Waals surface area contributed by atoms with E-state index in [1.807, 2.05) is 6.92 Å². The highest BCUT2D eigenvalue weighted by Gasteiger charge is 2.41. The van der Waals surface area contributed by atoms with Gasteiger partial charge < -0.3 is 5.73 Å². The lowest BCUT2D eigenvalue weighted by Gasteiger charge is -2.28. The van der Waals surface area contributed by atoms with Gasteiger partial charge in [0.25, 0.3) is 0 Å². The molecule has 3 rings (SSSR count). The Morgan fingerprint density at radius 3 is 2.67 bits per heavy atom. The van der Waals surface area contributed by atoms with Crippen molar-refractivity contribution in [2.75, 3.05) is 13.1 Å². The van der Waals surface area contributed by atoms with Gasteiger partial charge in [-0.05, 0) is 61.8 Å². The first-order valence-corrected chi connectivity index (χ1v) is 9.63. The van der Waals surface area contributed by atoms with Gasteiger partial charge in [0.05, 0.1) is 4.90 Å². The largest absolute Gasteiger partial charge is 0.328 e. The molecule has 2 aliphatic rings. The molecule has 1 unspecified atom stereocenters. The third kappa shape index (κ3) is 2.91. The molecule has 6 heteroatoms. The summed E-state index contributed by atoms with van der Waals surface area (Å²) in [6, 6.07) is 5.47. The Bertz CT molecular complexity index is 647. The van der Waals surface area contributed by atoms with Crippen LogP contribution in [0.15, 0.2) is 27.6 Å². The lowest BCUT2D eigenvalue weighted by molar-refractivity contribution is 0.271. The highest BCUT2D eigenvalue weighted by atomic mass is 79.9. The Kier molecular flexibility index (Phi) is 4.16. The molecule has 1 aliphatic carbocycles. The van der Waals surface area contributed by atoms with E-state index in [0.717, 1.165) is 29.3 Å². The maximum absolute atomic E-state index is 12.8. The van der Waals surface area contributed by atoms with Crippen molar-refractivity contribution < 1.29 is 8.42 Å². The van der Waals surface area contributed by atoms with Crippen molar-refractivity contribution in [1.82, 2.24) is 4.31 Å². The van der Waals surface area contributed by atoms with E-state index in [1.165, 1.54) is 0 Å². The molecule has 21 heavy (non-hydrogen) atoms. The molecular formula is C15H21BrN2O2S. The van der Waals surface area contributed by atoms with Gasteiger partial charge in [-0.15, -0.1) is 0 Å². The second-order valence-electron chi connectivity index (χ2n) is 6.33. The third-order valence-electron chi connectivity index (χ3n) is 4.82. The lowest BCUT2D eigenvalue weighted by atomic mass is 9.79. The van der Waals surface area contributed by atoms with E-state index >= 15 is 0 Å². The van der Waals surface area contributed by atoms with Gasteiger partial charge in [-0.25, -0.2) is 8.42 Å². The number of aryl methyl sites for hydroxylation is 1. The van der Waals surface area contributed by atoms with Crippen LogP contribution >= 0.6 is 15.9 Å². The Hall–Kier alpha value is -0.430. The molecule has 1 saturated heterocycles. The van der Waals surface area contributed by atoms with Gasteiger partial charge >= 0.3 is 0 Å². The van der Waals surface area contributed by atoms with E-state index in [9.17, 15) is 8.42 Å². The Balaban J connectivity index is 1.84. The van der Waals surface area contributed by atoms with Crippen LogP contribution in [0, 0.1) is 18.8 Å². The average Bonchev–Trinajstić information content (AvgIpc) is 2.85. The van der Waals surface area contributed by atoms with Crippen molar-refractivity contribution >= 4 is 26.0 Å². The molecule has 0 bridgehead atoms. The van der Waals surface area contributed by atoms with Crippen LogP contribution in [0.25, 0.3) is 0 Å². The number of hydrogen-bond donors (Lipinski definition) is 1. The van der Waals surface area contributed by atoms with E-state index in [0.29, 0.717) is 29.8 Å². The van der Waals surface area contributed by atoms with E-state index < -0.39 is 10.0 Å². The Morgan fingerprint density at radius 1 is 1.24 bits per heavy atom. The quantitative estimate of drug-likeness (QED) is 0.867. The van der Waals surface area contributed by atoms with Gasteiger partial charge in [0.2, 0.25) is 10.0 Å². The van der Waals surface area contributed by atoms with Crippen LogP contribution in [0.1, 0.15) is 24.8 Å². The first-order valence-electron chi connectivity index (χ1n) is 7.40. The summed E-state index contributed by atoms with van der Waals surface area (Å²) in [5.74, 6) is 0.913. The summed E-state index contributed by atoms with van der Waals surface area (Å²) in [7, 11) is -3.38. The third-order valence-corrected chi connectivity index (χ3v) is 7.54. The van der Waals surface area contributed by atoms with E-state index in [1.54, 1.807) is 22.5 Å². The smallest absolute Gasteiger partial charge is 0.243 e. The fraction of sp³-hybridized carbons (Fsp3) is 0.600. The summed E-state index contributed by atoms with van der Waals surface area (Å²) >= 11 is 3.41. The topological polar surface area (TPSA) is 63.4 Å². The van der Waals surface area contributed by atoms with Gasteiger partial charge in [0, 0.05) is 23.6 Å². The maximum atomic E-state index is 12.8. The first kappa shape index (κ1) is 15.5. The second kappa shape index (κ2) is 5.65. The van der Waals surface area contributed by atoms with Gasteiger partial charge in [-0.2, -0.15) is 4.31 Å². The zero-order chi connectivity index (χ0) is 15.2. The van der Waals surface area contributed by atoms with Crippen molar-refractivity contribution in [2.45, 2.75) is 37.1 Å². The maximum Gasteiger partial charge on any atom is 0.243 e. The molecule has 1 aromatic rings.